The Kier molecular flexibility index (Phi) is 6.44. The summed E-state index contributed by atoms with van der Waals surface area (Å²) in [4.78, 5) is 25.6. The van der Waals surface area contributed by atoms with Crippen molar-refractivity contribution in [2.24, 2.45) is 0 Å². The predicted octanol–water partition coefficient (Wildman–Crippen LogP) is 3.93. The Labute approximate surface area is 178 Å². The van der Waals surface area contributed by atoms with Crippen molar-refractivity contribution in [3.05, 3.63) is 62.3 Å². The normalized spacial score (nSPS) is 17.6. The molecule has 1 aliphatic heterocycles. The van der Waals surface area contributed by atoms with Gasteiger partial charge in [-0.1, -0.05) is 35.3 Å². The molecule has 3 rings (SSSR count). The standard InChI is InChI=1S/C18H14BrCl2FN2O4/c19-11-6-9(4-5-14(11)22)15-17(26)24(18(27)23-15)7-10(25)8-28-16-12(20)2-1-3-13(16)21/h1-6,10,15,25H,7-8H2,(H,23,27)/t10-,15+/m1/s1. The molecular formula is C18H14BrCl2FN2O4. The molecule has 6 nitrogen and oxygen atoms in total. The summed E-state index contributed by atoms with van der Waals surface area (Å²) in [5, 5.41) is 13.2. The number of β-amino-alcohol motifs (C(OH)–C–C–N with tert-alkyl or cyclic N) is 1. The average molecular weight is 492 g/mol. The number of carbonyl (C=O) groups is 2. The lowest BCUT2D eigenvalue weighted by Gasteiger charge is -2.19. The molecule has 0 unspecified atom stereocenters. The molecule has 1 fully saturated rings. The molecule has 3 amide bonds. The average Bonchev–Trinajstić information content (AvgIpc) is 2.92. The van der Waals surface area contributed by atoms with Gasteiger partial charge in [0.15, 0.2) is 5.75 Å². The van der Waals surface area contributed by atoms with Gasteiger partial charge in [0.25, 0.3) is 5.91 Å². The Morgan fingerprint density at radius 1 is 1.25 bits per heavy atom. The van der Waals surface area contributed by atoms with E-state index in [-0.39, 0.29) is 33.4 Å². The number of aliphatic hydroxyl groups excluding tert-OH is 1. The number of aliphatic hydroxyl groups is 1. The van der Waals surface area contributed by atoms with Gasteiger partial charge in [-0.2, -0.15) is 0 Å². The molecule has 0 radical (unpaired) electrons. The van der Waals surface area contributed by atoms with E-state index in [2.05, 4.69) is 21.2 Å². The number of nitrogens with zero attached hydrogens (tertiary/aromatic N) is 1. The summed E-state index contributed by atoms with van der Waals surface area (Å²) in [5.74, 6) is -0.836. The molecule has 0 saturated carbocycles. The van der Waals surface area contributed by atoms with Crippen molar-refractivity contribution in [2.75, 3.05) is 13.2 Å². The second-order valence-corrected chi connectivity index (χ2v) is 7.69. The number of ether oxygens (including phenoxy) is 1. The number of rotatable bonds is 6. The van der Waals surface area contributed by atoms with E-state index in [0.29, 0.717) is 5.56 Å². The third kappa shape index (κ3) is 4.41. The Morgan fingerprint density at radius 3 is 2.57 bits per heavy atom. The molecule has 0 spiro atoms. The van der Waals surface area contributed by atoms with Crippen LogP contribution in [-0.4, -0.2) is 41.2 Å². The number of urea groups is 1. The van der Waals surface area contributed by atoms with Crippen LogP contribution in [0.15, 0.2) is 40.9 Å². The molecule has 1 aliphatic rings. The van der Waals surface area contributed by atoms with Gasteiger partial charge in [0.05, 0.1) is 21.1 Å². The first-order valence-electron chi connectivity index (χ1n) is 8.09. The Morgan fingerprint density at radius 2 is 1.93 bits per heavy atom. The zero-order chi connectivity index (χ0) is 20.4. The highest BCUT2D eigenvalue weighted by molar-refractivity contribution is 9.10. The molecule has 2 N–H and O–H groups in total. The molecule has 1 heterocycles. The molecule has 2 aromatic rings. The van der Waals surface area contributed by atoms with Crippen molar-refractivity contribution in [1.82, 2.24) is 10.2 Å². The Bertz CT molecular complexity index is 910. The highest BCUT2D eigenvalue weighted by Gasteiger charge is 2.40. The minimum atomic E-state index is -1.17. The third-order valence-corrected chi connectivity index (χ3v) is 5.24. The van der Waals surface area contributed by atoms with Gasteiger partial charge in [0.2, 0.25) is 0 Å². The van der Waals surface area contributed by atoms with Crippen LogP contribution in [0.1, 0.15) is 11.6 Å². The van der Waals surface area contributed by atoms with Gasteiger partial charge in [-0.15, -0.1) is 0 Å². The van der Waals surface area contributed by atoms with Crippen molar-refractivity contribution in [3.8, 4) is 5.75 Å². The van der Waals surface area contributed by atoms with Crippen LogP contribution < -0.4 is 10.1 Å². The summed E-state index contributed by atoms with van der Waals surface area (Å²) in [7, 11) is 0. The van der Waals surface area contributed by atoms with E-state index in [0.717, 1.165) is 4.90 Å². The summed E-state index contributed by atoms with van der Waals surface area (Å²) in [5.41, 5.74) is 0.419. The van der Waals surface area contributed by atoms with E-state index < -0.39 is 29.9 Å². The number of carbonyl (C=O) groups excluding carboxylic acids is 2. The maximum absolute atomic E-state index is 13.4. The lowest BCUT2D eigenvalue weighted by atomic mass is 10.1. The maximum atomic E-state index is 13.4. The lowest BCUT2D eigenvalue weighted by Crippen LogP contribution is -2.39. The van der Waals surface area contributed by atoms with Gasteiger partial charge in [0, 0.05) is 0 Å². The molecule has 0 aromatic heterocycles. The van der Waals surface area contributed by atoms with E-state index in [4.69, 9.17) is 27.9 Å². The number of amides is 3. The van der Waals surface area contributed by atoms with Gasteiger partial charge in [0.1, 0.15) is 24.6 Å². The van der Waals surface area contributed by atoms with Crippen LogP contribution in [0.4, 0.5) is 9.18 Å². The molecule has 1 saturated heterocycles. The second-order valence-electron chi connectivity index (χ2n) is 6.02. The van der Waals surface area contributed by atoms with Crippen molar-refractivity contribution in [2.45, 2.75) is 12.1 Å². The minimum absolute atomic E-state index is 0.176. The van der Waals surface area contributed by atoms with Crippen LogP contribution in [0, 0.1) is 5.82 Å². The molecule has 0 bridgehead atoms. The predicted molar refractivity (Wildman–Crippen MR) is 105 cm³/mol. The van der Waals surface area contributed by atoms with Gasteiger partial charge in [-0.25, -0.2) is 9.18 Å². The molecular weight excluding hydrogens is 478 g/mol. The Balaban J connectivity index is 1.64. The van der Waals surface area contributed by atoms with Crippen LogP contribution in [-0.2, 0) is 4.79 Å². The van der Waals surface area contributed by atoms with E-state index >= 15 is 0 Å². The van der Waals surface area contributed by atoms with Crippen LogP contribution in [0.25, 0.3) is 0 Å². The molecule has 28 heavy (non-hydrogen) atoms. The summed E-state index contributed by atoms with van der Waals surface area (Å²) >= 11 is 15.0. The Hall–Kier alpha value is -1.87. The summed E-state index contributed by atoms with van der Waals surface area (Å²) in [6.45, 7) is -0.515. The first-order chi connectivity index (χ1) is 13.3. The highest BCUT2D eigenvalue weighted by atomic mass is 79.9. The zero-order valence-corrected chi connectivity index (χ0v) is 17.3. The molecule has 2 atom stereocenters. The first-order valence-corrected chi connectivity index (χ1v) is 9.64. The smallest absolute Gasteiger partial charge is 0.325 e. The minimum Gasteiger partial charge on any atom is -0.488 e. The maximum Gasteiger partial charge on any atom is 0.325 e. The van der Waals surface area contributed by atoms with Gasteiger partial charge in [-0.3, -0.25) is 9.69 Å². The van der Waals surface area contributed by atoms with Gasteiger partial charge >= 0.3 is 6.03 Å². The van der Waals surface area contributed by atoms with Crippen LogP contribution >= 0.6 is 39.1 Å². The van der Waals surface area contributed by atoms with Crippen molar-refractivity contribution >= 4 is 51.1 Å². The van der Waals surface area contributed by atoms with Gasteiger partial charge < -0.3 is 15.2 Å². The topological polar surface area (TPSA) is 78.9 Å². The fourth-order valence-corrected chi connectivity index (χ4v) is 3.58. The third-order valence-electron chi connectivity index (χ3n) is 4.04. The fraction of sp³-hybridized carbons (Fsp3) is 0.222. The second kappa shape index (κ2) is 8.65. The quantitative estimate of drug-likeness (QED) is 0.600. The van der Waals surface area contributed by atoms with Crippen molar-refractivity contribution in [3.63, 3.8) is 0 Å². The highest BCUT2D eigenvalue weighted by Crippen LogP contribution is 2.32. The van der Waals surface area contributed by atoms with Crippen LogP contribution in [0.5, 0.6) is 5.75 Å². The number of hydrogen-bond donors (Lipinski definition) is 2. The fourth-order valence-electron chi connectivity index (χ4n) is 2.67. The molecule has 10 heteroatoms. The zero-order valence-electron chi connectivity index (χ0n) is 14.2. The molecule has 2 aromatic carbocycles. The number of halogens is 4. The van der Waals surface area contributed by atoms with E-state index in [1.54, 1.807) is 18.2 Å². The number of nitrogens with one attached hydrogen (secondary N) is 1. The van der Waals surface area contributed by atoms with E-state index in [9.17, 15) is 19.1 Å². The van der Waals surface area contributed by atoms with Crippen molar-refractivity contribution < 1.29 is 23.8 Å². The summed E-state index contributed by atoms with van der Waals surface area (Å²) in [6.07, 6.45) is -1.17. The SMILES string of the molecule is O=C1N[C@@H](c2ccc(F)c(Br)c2)C(=O)N1C[C@@H](O)COc1c(Cl)cccc1Cl. The van der Waals surface area contributed by atoms with E-state index in [1.807, 2.05) is 0 Å². The van der Waals surface area contributed by atoms with Crippen LogP contribution in [0.2, 0.25) is 10.0 Å². The number of benzene rings is 2. The number of hydrogen-bond acceptors (Lipinski definition) is 4. The number of para-hydroxylation sites is 1. The largest absolute Gasteiger partial charge is 0.488 e. The monoisotopic (exact) mass is 490 g/mol. The van der Waals surface area contributed by atoms with Crippen LogP contribution in [0.3, 0.4) is 0 Å². The lowest BCUT2D eigenvalue weighted by molar-refractivity contribution is -0.128. The summed E-state index contributed by atoms with van der Waals surface area (Å²) in [6, 6.07) is 7.20. The first kappa shape index (κ1) is 20.9. The summed E-state index contributed by atoms with van der Waals surface area (Å²) < 4.78 is 19.0. The van der Waals surface area contributed by atoms with Crippen molar-refractivity contribution in [1.29, 1.82) is 0 Å². The number of imide groups is 1. The van der Waals surface area contributed by atoms with E-state index in [1.165, 1.54) is 18.2 Å². The molecule has 148 valence electrons. The van der Waals surface area contributed by atoms with Gasteiger partial charge in [-0.05, 0) is 45.8 Å². The molecule has 0 aliphatic carbocycles.